The summed E-state index contributed by atoms with van der Waals surface area (Å²) >= 11 is 0. The van der Waals surface area contributed by atoms with E-state index in [0.29, 0.717) is 22.8 Å². The summed E-state index contributed by atoms with van der Waals surface area (Å²) in [6.45, 7) is 3.76. The molecule has 4 aromatic rings. The van der Waals surface area contributed by atoms with Crippen molar-refractivity contribution >= 4 is 17.4 Å². The van der Waals surface area contributed by atoms with Gasteiger partial charge in [0.05, 0.1) is 28.2 Å². The second kappa shape index (κ2) is 7.63. The molecule has 150 valence electrons. The van der Waals surface area contributed by atoms with E-state index < -0.39 is 4.92 Å². The van der Waals surface area contributed by atoms with E-state index in [1.807, 2.05) is 25.3 Å². The Bertz CT molecular complexity index is 1220. The molecule has 0 aliphatic rings. The first-order valence-electron chi connectivity index (χ1n) is 9.15. The van der Waals surface area contributed by atoms with Crippen LogP contribution in [0.2, 0.25) is 0 Å². The Kier molecular flexibility index (Phi) is 4.85. The van der Waals surface area contributed by atoms with Crippen LogP contribution in [-0.2, 0) is 0 Å². The van der Waals surface area contributed by atoms with Gasteiger partial charge in [0.15, 0.2) is 0 Å². The monoisotopic (exact) mass is 402 g/mol. The highest BCUT2D eigenvalue weighted by Gasteiger charge is 2.14. The van der Waals surface area contributed by atoms with Gasteiger partial charge in [-0.05, 0) is 55.8 Å². The van der Waals surface area contributed by atoms with Crippen molar-refractivity contribution in [2.45, 2.75) is 13.8 Å². The molecule has 0 aliphatic heterocycles. The van der Waals surface area contributed by atoms with Crippen molar-refractivity contribution in [3.05, 3.63) is 93.9 Å². The number of aromatic nitrogens is 4. The fraction of sp³-hybridized carbons (Fsp3) is 0.0952. The lowest BCUT2D eigenvalue weighted by Gasteiger charge is -2.09. The van der Waals surface area contributed by atoms with Gasteiger partial charge >= 0.3 is 0 Å². The Morgan fingerprint density at radius 2 is 1.70 bits per heavy atom. The number of anilines is 1. The molecule has 0 radical (unpaired) electrons. The Morgan fingerprint density at radius 1 is 1.03 bits per heavy atom. The van der Waals surface area contributed by atoms with E-state index in [9.17, 15) is 14.9 Å². The number of nitro groups is 1. The first kappa shape index (κ1) is 19.1. The molecule has 0 fully saturated rings. The summed E-state index contributed by atoms with van der Waals surface area (Å²) in [5.74, 6) is 0.180. The molecule has 9 nitrogen and oxygen atoms in total. The van der Waals surface area contributed by atoms with Crippen molar-refractivity contribution < 1.29 is 9.72 Å². The van der Waals surface area contributed by atoms with Crippen molar-refractivity contribution in [3.63, 3.8) is 0 Å². The van der Waals surface area contributed by atoms with E-state index >= 15 is 0 Å². The molecule has 0 unspecified atom stereocenters. The van der Waals surface area contributed by atoms with Crippen LogP contribution in [0, 0.1) is 24.0 Å². The Balaban J connectivity index is 1.56. The van der Waals surface area contributed by atoms with Crippen LogP contribution in [0.15, 0.2) is 67.0 Å². The summed E-state index contributed by atoms with van der Waals surface area (Å²) in [6, 6.07) is 14.8. The number of carbonyl (C=O) groups is 1. The zero-order valence-electron chi connectivity index (χ0n) is 16.3. The van der Waals surface area contributed by atoms with Gasteiger partial charge in [0.25, 0.3) is 11.6 Å². The Morgan fingerprint density at radius 3 is 2.30 bits per heavy atom. The van der Waals surface area contributed by atoms with Crippen LogP contribution in [0.4, 0.5) is 11.5 Å². The zero-order valence-corrected chi connectivity index (χ0v) is 16.3. The van der Waals surface area contributed by atoms with Gasteiger partial charge < -0.3 is 5.32 Å². The lowest BCUT2D eigenvalue weighted by atomic mass is 10.2. The summed E-state index contributed by atoms with van der Waals surface area (Å²) in [7, 11) is 0. The van der Waals surface area contributed by atoms with Gasteiger partial charge in [0.1, 0.15) is 5.82 Å². The van der Waals surface area contributed by atoms with Crippen LogP contribution in [0.3, 0.4) is 0 Å². The normalized spacial score (nSPS) is 10.7. The van der Waals surface area contributed by atoms with Gasteiger partial charge in [-0.15, -0.1) is 0 Å². The summed E-state index contributed by atoms with van der Waals surface area (Å²) in [6.07, 6.45) is 3.67. The highest BCUT2D eigenvalue weighted by Crippen LogP contribution is 2.21. The number of hydrogen-bond donors (Lipinski definition) is 1. The van der Waals surface area contributed by atoms with Crippen molar-refractivity contribution in [1.82, 2.24) is 19.6 Å². The second-order valence-electron chi connectivity index (χ2n) is 6.82. The molecule has 2 aromatic heterocycles. The SMILES string of the molecule is Cc1cnn(-c2ccc(C(=O)Nc3cc(C)nn3-c3ccc([N+](=O)[O-])cc3)cc2)c1. The predicted molar refractivity (Wildman–Crippen MR) is 111 cm³/mol. The van der Waals surface area contributed by atoms with Crippen LogP contribution in [0.5, 0.6) is 0 Å². The van der Waals surface area contributed by atoms with Crippen molar-refractivity contribution in [1.29, 1.82) is 0 Å². The number of aryl methyl sites for hydroxylation is 2. The van der Waals surface area contributed by atoms with Gasteiger partial charge in [-0.2, -0.15) is 10.2 Å². The maximum absolute atomic E-state index is 12.7. The number of carbonyl (C=O) groups excluding carboxylic acids is 1. The third-order valence-electron chi connectivity index (χ3n) is 4.48. The largest absolute Gasteiger partial charge is 0.306 e. The standard InChI is InChI=1S/C21H18N6O3/c1-14-12-22-25(13-14)17-5-3-16(4-6-17)21(28)23-20-11-15(2)24-26(20)18-7-9-19(10-8-18)27(29)30/h3-13H,1-2H3,(H,23,28). The van der Waals surface area contributed by atoms with Gasteiger partial charge in [-0.3, -0.25) is 14.9 Å². The number of hydrogen-bond acceptors (Lipinski definition) is 5. The third kappa shape index (κ3) is 3.81. The maximum Gasteiger partial charge on any atom is 0.269 e. The average molecular weight is 402 g/mol. The average Bonchev–Trinajstić information content (AvgIpc) is 3.33. The number of non-ortho nitro benzene ring substituents is 1. The predicted octanol–water partition coefficient (Wildman–Crippen LogP) is 3.84. The molecule has 1 amide bonds. The molecule has 4 rings (SSSR count). The summed E-state index contributed by atoms with van der Waals surface area (Å²) in [5.41, 5.74) is 3.68. The molecule has 30 heavy (non-hydrogen) atoms. The highest BCUT2D eigenvalue weighted by atomic mass is 16.6. The number of nitrogens with one attached hydrogen (secondary N) is 1. The third-order valence-corrected chi connectivity index (χ3v) is 4.48. The minimum absolute atomic E-state index is 0.0133. The van der Waals surface area contributed by atoms with Crippen LogP contribution in [0.1, 0.15) is 21.6 Å². The highest BCUT2D eigenvalue weighted by molar-refractivity contribution is 6.04. The number of benzene rings is 2. The number of nitro benzene ring substituents is 1. The molecule has 0 bridgehead atoms. The summed E-state index contributed by atoms with van der Waals surface area (Å²) in [5, 5.41) is 22.3. The van der Waals surface area contributed by atoms with Crippen LogP contribution >= 0.6 is 0 Å². The molecule has 2 aromatic carbocycles. The summed E-state index contributed by atoms with van der Waals surface area (Å²) in [4.78, 5) is 23.1. The minimum Gasteiger partial charge on any atom is -0.306 e. The lowest BCUT2D eigenvalue weighted by molar-refractivity contribution is -0.384. The van der Waals surface area contributed by atoms with Crippen LogP contribution in [-0.4, -0.2) is 30.4 Å². The van der Waals surface area contributed by atoms with Crippen molar-refractivity contribution in [3.8, 4) is 11.4 Å². The minimum atomic E-state index is -0.463. The van der Waals surface area contributed by atoms with Crippen molar-refractivity contribution in [2.75, 3.05) is 5.32 Å². The topological polar surface area (TPSA) is 108 Å². The quantitative estimate of drug-likeness (QED) is 0.403. The molecular formula is C21H18N6O3. The van der Waals surface area contributed by atoms with Crippen LogP contribution in [0.25, 0.3) is 11.4 Å². The van der Waals surface area contributed by atoms with Crippen molar-refractivity contribution in [2.24, 2.45) is 0 Å². The fourth-order valence-corrected chi connectivity index (χ4v) is 3.01. The van der Waals surface area contributed by atoms with Gasteiger partial charge in [0.2, 0.25) is 0 Å². The second-order valence-corrected chi connectivity index (χ2v) is 6.82. The maximum atomic E-state index is 12.7. The first-order valence-corrected chi connectivity index (χ1v) is 9.15. The molecule has 2 heterocycles. The number of amides is 1. The van der Waals surface area contributed by atoms with E-state index in [0.717, 1.165) is 11.3 Å². The smallest absolute Gasteiger partial charge is 0.269 e. The van der Waals surface area contributed by atoms with E-state index in [4.69, 9.17) is 0 Å². The van der Waals surface area contributed by atoms with Gasteiger partial charge in [-0.1, -0.05) is 0 Å². The molecule has 0 aliphatic carbocycles. The molecule has 0 saturated heterocycles. The first-order chi connectivity index (χ1) is 14.4. The molecule has 1 N–H and O–H groups in total. The number of nitrogens with zero attached hydrogens (tertiary/aromatic N) is 5. The molecule has 0 atom stereocenters. The molecule has 0 spiro atoms. The lowest BCUT2D eigenvalue weighted by Crippen LogP contribution is -2.15. The Labute approximate surface area is 171 Å². The van der Waals surface area contributed by atoms with E-state index in [2.05, 4.69) is 15.5 Å². The van der Waals surface area contributed by atoms with Crippen LogP contribution < -0.4 is 5.32 Å². The van der Waals surface area contributed by atoms with Gasteiger partial charge in [-0.25, -0.2) is 9.36 Å². The molecular weight excluding hydrogens is 384 g/mol. The molecule has 0 saturated carbocycles. The summed E-state index contributed by atoms with van der Waals surface area (Å²) < 4.78 is 3.28. The Hall–Kier alpha value is -4.27. The van der Waals surface area contributed by atoms with E-state index in [1.54, 1.807) is 48.1 Å². The van der Waals surface area contributed by atoms with E-state index in [1.165, 1.54) is 16.8 Å². The van der Waals surface area contributed by atoms with E-state index in [-0.39, 0.29) is 11.6 Å². The fourth-order valence-electron chi connectivity index (χ4n) is 3.01. The zero-order chi connectivity index (χ0) is 21.3. The van der Waals surface area contributed by atoms with Gasteiger partial charge in [0, 0.05) is 30.0 Å². The molecule has 9 heteroatoms. The number of rotatable bonds is 5.